The molecule has 16 heavy (non-hydrogen) atoms. The highest BCUT2D eigenvalue weighted by atomic mass is 19.4. The van der Waals surface area contributed by atoms with Crippen LogP contribution in [0.4, 0.5) is 13.2 Å². The number of aromatic nitrogens is 2. The second kappa shape index (κ2) is 3.80. The van der Waals surface area contributed by atoms with Crippen molar-refractivity contribution in [2.24, 2.45) is 0 Å². The summed E-state index contributed by atoms with van der Waals surface area (Å²) in [6, 6.07) is -0.459. The molecule has 2 N–H and O–H groups in total. The summed E-state index contributed by atoms with van der Waals surface area (Å²) in [5.41, 5.74) is 1.82. The first-order valence-electron chi connectivity index (χ1n) is 4.85. The van der Waals surface area contributed by atoms with Gasteiger partial charge in [0.15, 0.2) is 0 Å². The van der Waals surface area contributed by atoms with Gasteiger partial charge in [-0.25, -0.2) is 0 Å². The third kappa shape index (κ3) is 2.17. The highest BCUT2D eigenvalue weighted by Crippen LogP contribution is 2.21. The fraction of sp³-hybridized carbons (Fsp3) is 0.556. The summed E-state index contributed by atoms with van der Waals surface area (Å²) < 4.78 is 36.0. The van der Waals surface area contributed by atoms with Gasteiger partial charge in [-0.15, -0.1) is 0 Å². The molecule has 2 rings (SSSR count). The lowest BCUT2D eigenvalue weighted by molar-refractivity contribution is -0.174. The van der Waals surface area contributed by atoms with Crippen LogP contribution in [0, 0.1) is 0 Å². The van der Waals surface area contributed by atoms with Crippen molar-refractivity contribution in [3.05, 3.63) is 17.5 Å². The topological polar surface area (TPSA) is 57.8 Å². The van der Waals surface area contributed by atoms with E-state index in [9.17, 15) is 18.0 Å². The molecule has 1 heterocycles. The van der Waals surface area contributed by atoms with Gasteiger partial charge in [0.1, 0.15) is 0 Å². The van der Waals surface area contributed by atoms with Crippen LogP contribution in [0.1, 0.15) is 17.7 Å². The van der Waals surface area contributed by atoms with Crippen molar-refractivity contribution in [2.45, 2.75) is 31.5 Å². The molecule has 0 bridgehead atoms. The Morgan fingerprint density at radius 2 is 2.31 bits per heavy atom. The summed E-state index contributed by atoms with van der Waals surface area (Å²) in [7, 11) is 0. The van der Waals surface area contributed by atoms with E-state index >= 15 is 0 Å². The van der Waals surface area contributed by atoms with Crippen LogP contribution in [0.5, 0.6) is 0 Å². The first-order chi connectivity index (χ1) is 7.47. The number of nitrogens with one attached hydrogen (secondary N) is 2. The molecule has 0 saturated carbocycles. The second-order valence-electron chi connectivity index (χ2n) is 3.78. The zero-order valence-corrected chi connectivity index (χ0v) is 8.27. The van der Waals surface area contributed by atoms with Crippen molar-refractivity contribution < 1.29 is 18.0 Å². The monoisotopic (exact) mass is 233 g/mol. The molecule has 0 aromatic carbocycles. The van der Waals surface area contributed by atoms with Crippen LogP contribution in [0.25, 0.3) is 0 Å². The van der Waals surface area contributed by atoms with Gasteiger partial charge < -0.3 is 5.32 Å². The van der Waals surface area contributed by atoms with E-state index in [-0.39, 0.29) is 0 Å². The molecule has 0 saturated heterocycles. The Morgan fingerprint density at radius 1 is 1.56 bits per heavy atom. The molecule has 0 radical (unpaired) electrons. The maximum Gasteiger partial charge on any atom is 0.471 e. The number of hydrogen-bond acceptors (Lipinski definition) is 2. The Morgan fingerprint density at radius 3 is 3.00 bits per heavy atom. The van der Waals surface area contributed by atoms with Crippen molar-refractivity contribution in [1.29, 1.82) is 0 Å². The van der Waals surface area contributed by atoms with Gasteiger partial charge in [0.2, 0.25) is 0 Å². The van der Waals surface area contributed by atoms with E-state index in [1.165, 1.54) is 0 Å². The SMILES string of the molecule is O=C(N[C@H]1CCc2[nH]ncc2C1)C(F)(F)F. The van der Waals surface area contributed by atoms with E-state index in [0.29, 0.717) is 19.3 Å². The minimum Gasteiger partial charge on any atom is -0.345 e. The minimum absolute atomic E-state index is 0.396. The number of H-pyrrole nitrogens is 1. The zero-order chi connectivity index (χ0) is 11.8. The molecule has 1 aromatic heterocycles. The normalized spacial score (nSPS) is 20.3. The number of carbonyl (C=O) groups excluding carboxylic acids is 1. The lowest BCUT2D eigenvalue weighted by atomic mass is 9.93. The van der Waals surface area contributed by atoms with E-state index in [1.807, 2.05) is 5.32 Å². The van der Waals surface area contributed by atoms with E-state index < -0.39 is 18.1 Å². The number of nitrogens with zero attached hydrogens (tertiary/aromatic N) is 1. The fourth-order valence-electron chi connectivity index (χ4n) is 1.81. The van der Waals surface area contributed by atoms with Crippen molar-refractivity contribution in [1.82, 2.24) is 15.5 Å². The average molecular weight is 233 g/mol. The van der Waals surface area contributed by atoms with E-state index in [2.05, 4.69) is 10.2 Å². The minimum atomic E-state index is -4.81. The Balaban J connectivity index is 1.97. The number of fused-ring (bicyclic) bond motifs is 1. The van der Waals surface area contributed by atoms with Crippen molar-refractivity contribution in [2.75, 3.05) is 0 Å². The Labute approximate surface area is 89.2 Å². The molecule has 1 amide bonds. The number of carbonyl (C=O) groups is 1. The molecule has 0 unspecified atom stereocenters. The first kappa shape index (κ1) is 11.0. The van der Waals surface area contributed by atoms with Crippen LogP contribution < -0.4 is 5.32 Å². The maximum absolute atomic E-state index is 12.0. The van der Waals surface area contributed by atoms with Crippen LogP contribution in [0.2, 0.25) is 0 Å². The van der Waals surface area contributed by atoms with Crippen LogP contribution in [-0.2, 0) is 17.6 Å². The maximum atomic E-state index is 12.0. The zero-order valence-electron chi connectivity index (χ0n) is 8.27. The van der Waals surface area contributed by atoms with Crippen LogP contribution in [0.15, 0.2) is 6.20 Å². The largest absolute Gasteiger partial charge is 0.471 e. The molecule has 1 aliphatic rings. The van der Waals surface area contributed by atoms with Gasteiger partial charge in [-0.2, -0.15) is 18.3 Å². The number of aromatic amines is 1. The summed E-state index contributed by atoms with van der Waals surface area (Å²) >= 11 is 0. The first-order valence-corrected chi connectivity index (χ1v) is 4.85. The van der Waals surface area contributed by atoms with Gasteiger partial charge in [0, 0.05) is 11.7 Å². The number of hydrogen-bond donors (Lipinski definition) is 2. The van der Waals surface area contributed by atoms with Gasteiger partial charge in [-0.05, 0) is 24.8 Å². The van der Waals surface area contributed by atoms with Gasteiger partial charge >= 0.3 is 12.1 Å². The van der Waals surface area contributed by atoms with Gasteiger partial charge in [0.25, 0.3) is 0 Å². The molecule has 7 heteroatoms. The Bertz CT molecular complexity index is 399. The van der Waals surface area contributed by atoms with Crippen LogP contribution in [-0.4, -0.2) is 28.3 Å². The highest BCUT2D eigenvalue weighted by Gasteiger charge is 2.40. The average Bonchev–Trinajstić information content (AvgIpc) is 2.63. The summed E-state index contributed by atoms with van der Waals surface area (Å²) in [6.07, 6.45) is -1.72. The number of rotatable bonds is 1. The third-order valence-electron chi connectivity index (χ3n) is 2.61. The van der Waals surface area contributed by atoms with E-state index in [1.54, 1.807) is 6.20 Å². The number of amides is 1. The smallest absolute Gasteiger partial charge is 0.345 e. The van der Waals surface area contributed by atoms with Crippen molar-refractivity contribution >= 4 is 5.91 Å². The number of alkyl halides is 3. The number of aryl methyl sites for hydroxylation is 1. The van der Waals surface area contributed by atoms with Gasteiger partial charge in [-0.1, -0.05) is 0 Å². The van der Waals surface area contributed by atoms with Crippen molar-refractivity contribution in [3.8, 4) is 0 Å². The molecule has 88 valence electrons. The lowest BCUT2D eigenvalue weighted by Gasteiger charge is -2.23. The molecule has 4 nitrogen and oxygen atoms in total. The molecule has 1 aromatic rings. The summed E-state index contributed by atoms with van der Waals surface area (Å²) in [4.78, 5) is 10.7. The van der Waals surface area contributed by atoms with Crippen LogP contribution in [0.3, 0.4) is 0 Å². The number of halogens is 3. The fourth-order valence-corrected chi connectivity index (χ4v) is 1.81. The summed E-state index contributed by atoms with van der Waals surface area (Å²) in [5, 5.41) is 8.57. The van der Waals surface area contributed by atoms with Gasteiger partial charge in [-0.3, -0.25) is 9.89 Å². The predicted octanol–water partition coefficient (Wildman–Crippen LogP) is 0.945. The van der Waals surface area contributed by atoms with E-state index in [4.69, 9.17) is 0 Å². The molecule has 1 atom stereocenters. The molecule has 1 aliphatic carbocycles. The molecule has 0 aliphatic heterocycles. The molecular formula is C9H10F3N3O. The molecule has 0 fully saturated rings. The van der Waals surface area contributed by atoms with Gasteiger partial charge in [0.05, 0.1) is 6.20 Å². The third-order valence-corrected chi connectivity index (χ3v) is 2.61. The van der Waals surface area contributed by atoms with Crippen LogP contribution >= 0.6 is 0 Å². The quantitative estimate of drug-likeness (QED) is 0.758. The van der Waals surface area contributed by atoms with Crippen molar-refractivity contribution in [3.63, 3.8) is 0 Å². The van der Waals surface area contributed by atoms with E-state index in [0.717, 1.165) is 11.3 Å². The predicted molar refractivity (Wildman–Crippen MR) is 48.6 cm³/mol. The molecule has 0 spiro atoms. The lowest BCUT2D eigenvalue weighted by Crippen LogP contribution is -2.45. The summed E-state index contributed by atoms with van der Waals surface area (Å²) in [6.45, 7) is 0. The highest BCUT2D eigenvalue weighted by molar-refractivity contribution is 5.82. The Kier molecular flexibility index (Phi) is 2.61. The molecular weight excluding hydrogens is 223 g/mol. The summed E-state index contributed by atoms with van der Waals surface area (Å²) in [5.74, 6) is -1.87. The Hall–Kier alpha value is -1.53. The standard InChI is InChI=1S/C9H10F3N3O/c10-9(11,12)8(16)14-6-1-2-7-5(3-6)4-13-15-7/h4,6H,1-3H2,(H,13,15)(H,14,16)/t6-/m0/s1. The second-order valence-corrected chi connectivity index (χ2v) is 3.78.